The summed E-state index contributed by atoms with van der Waals surface area (Å²) in [4.78, 5) is 33.7. The predicted octanol–water partition coefficient (Wildman–Crippen LogP) is 4.91. The summed E-state index contributed by atoms with van der Waals surface area (Å²) in [6.07, 6.45) is 2.71. The number of carbonyl (C=O) groups is 2. The lowest BCUT2D eigenvalue weighted by Crippen LogP contribution is -2.07. The van der Waals surface area contributed by atoms with E-state index in [9.17, 15) is 13.8 Å². The second-order valence-corrected chi connectivity index (χ2v) is 18.1. The van der Waals surface area contributed by atoms with Crippen molar-refractivity contribution >= 4 is 116 Å². The summed E-state index contributed by atoms with van der Waals surface area (Å²) >= 11 is 12.4. The number of esters is 1. The maximum atomic E-state index is 12.1. The van der Waals surface area contributed by atoms with Gasteiger partial charge in [-0.25, -0.2) is 9.78 Å². The third-order valence-electron chi connectivity index (χ3n) is 4.06. The second-order valence-electron chi connectivity index (χ2n) is 7.12. The molecule has 0 rings (SSSR count). The molecule has 0 heterocycles. The molecule has 8 nitrogen and oxygen atoms in total. The van der Waals surface area contributed by atoms with E-state index in [4.69, 9.17) is 24.7 Å². The molecule has 0 aromatic carbocycles. The lowest BCUT2D eigenvalue weighted by atomic mass is 10.5. The van der Waals surface area contributed by atoms with Crippen LogP contribution in [0, 0.1) is 0 Å². The molecule has 1 atom stereocenters. The summed E-state index contributed by atoms with van der Waals surface area (Å²) in [6.45, 7) is 0.537. The van der Waals surface area contributed by atoms with Crippen molar-refractivity contribution < 1.29 is 38.5 Å². The van der Waals surface area contributed by atoms with E-state index in [1.54, 1.807) is 47.0 Å². The van der Waals surface area contributed by atoms with Gasteiger partial charge in [-0.3, -0.25) is 13.8 Å². The second kappa shape index (κ2) is 34.4. The van der Waals surface area contributed by atoms with Crippen LogP contribution in [0.4, 0.5) is 0 Å². The van der Waals surface area contributed by atoms with Crippen LogP contribution < -0.4 is 0 Å². The van der Waals surface area contributed by atoms with Crippen molar-refractivity contribution in [3.8, 4) is 0 Å². The number of ether oxygens (including phenoxy) is 1. The smallest absolute Gasteiger partial charge is 0.307 e. The van der Waals surface area contributed by atoms with Gasteiger partial charge in [0.1, 0.15) is 11.9 Å². The van der Waals surface area contributed by atoms with Gasteiger partial charge in [0.2, 0.25) is 0 Å². The lowest BCUT2D eigenvalue weighted by molar-refractivity contribution is -0.278. The Bertz CT molecular complexity index is 594. The highest BCUT2D eigenvalue weighted by molar-refractivity contribution is 8.16. The number of rotatable bonds is 31. The molecular formula is C22H42O8S9. The van der Waals surface area contributed by atoms with Crippen molar-refractivity contribution in [1.29, 1.82) is 0 Å². The summed E-state index contributed by atoms with van der Waals surface area (Å²) in [7, 11) is -0.819. The van der Waals surface area contributed by atoms with E-state index in [-0.39, 0.29) is 23.0 Å². The Labute approximate surface area is 270 Å². The predicted molar refractivity (Wildman–Crippen MR) is 183 cm³/mol. The van der Waals surface area contributed by atoms with E-state index < -0.39 is 10.8 Å². The average Bonchev–Trinajstić information content (AvgIpc) is 2.93. The van der Waals surface area contributed by atoms with Gasteiger partial charge in [0.05, 0.1) is 24.9 Å². The first kappa shape index (κ1) is 40.9. The van der Waals surface area contributed by atoms with Crippen LogP contribution in [0.2, 0.25) is 0 Å². The maximum Gasteiger partial charge on any atom is 0.307 e. The molecule has 0 bridgehead atoms. The average molecular weight is 723 g/mol. The number of hydrogen-bond acceptors (Lipinski definition) is 16. The third-order valence-corrected chi connectivity index (χ3v) is 13.6. The molecule has 2 N–H and O–H groups in total. The van der Waals surface area contributed by atoms with E-state index in [1.165, 1.54) is 47.0 Å². The van der Waals surface area contributed by atoms with Crippen LogP contribution in [0.25, 0.3) is 0 Å². The van der Waals surface area contributed by atoms with E-state index in [1.807, 2.05) is 0 Å². The number of hydrogen-bond donors (Lipinski definition) is 2. The van der Waals surface area contributed by atoms with Crippen molar-refractivity contribution in [3.05, 3.63) is 0 Å². The van der Waals surface area contributed by atoms with Crippen molar-refractivity contribution in [3.63, 3.8) is 0 Å². The van der Waals surface area contributed by atoms with E-state index in [2.05, 4.69) is 0 Å². The first-order valence-electron chi connectivity index (χ1n) is 12.3. The Morgan fingerprint density at radius 2 is 1.31 bits per heavy atom. The molecule has 0 fully saturated rings. The largest absolute Gasteiger partial charge is 0.455 e. The fraction of sp³-hybridized carbons (Fsp3) is 0.909. The number of carbonyl (C=O) groups excluding carboxylic acids is 2. The van der Waals surface area contributed by atoms with Crippen LogP contribution in [0.15, 0.2) is 0 Å². The van der Waals surface area contributed by atoms with Crippen LogP contribution in [0.5, 0.6) is 0 Å². The first-order valence-corrected chi connectivity index (χ1v) is 22.8. The van der Waals surface area contributed by atoms with Gasteiger partial charge in [0.15, 0.2) is 5.12 Å². The zero-order valence-electron chi connectivity index (χ0n) is 22.2. The molecule has 0 aliphatic heterocycles. The van der Waals surface area contributed by atoms with Crippen LogP contribution in [0.1, 0.15) is 25.7 Å². The molecule has 0 aromatic rings. The molecule has 0 aromatic heterocycles. The molecule has 0 aliphatic carbocycles. The Kier molecular flexibility index (Phi) is 36.1. The minimum Gasteiger partial charge on any atom is -0.455 e. The normalized spacial score (nSPS) is 12.1. The van der Waals surface area contributed by atoms with Crippen molar-refractivity contribution in [2.45, 2.75) is 25.7 Å². The molecule has 0 spiro atoms. The summed E-state index contributed by atoms with van der Waals surface area (Å²) in [6, 6.07) is 0. The molecule has 0 amide bonds. The van der Waals surface area contributed by atoms with Crippen LogP contribution >= 0.6 is 94.1 Å². The van der Waals surface area contributed by atoms with Crippen LogP contribution in [-0.4, -0.2) is 118 Å². The highest BCUT2D eigenvalue weighted by atomic mass is 32.2. The van der Waals surface area contributed by atoms with E-state index in [0.717, 1.165) is 52.4 Å². The molecule has 232 valence electrons. The van der Waals surface area contributed by atoms with Gasteiger partial charge in [-0.1, -0.05) is 11.8 Å². The van der Waals surface area contributed by atoms with Crippen molar-refractivity contribution in [2.24, 2.45) is 0 Å². The van der Waals surface area contributed by atoms with E-state index >= 15 is 0 Å². The maximum absolute atomic E-state index is 12.1. The van der Waals surface area contributed by atoms with Crippen molar-refractivity contribution in [2.75, 3.05) is 92.3 Å². The first-order chi connectivity index (χ1) is 19.1. The third kappa shape index (κ3) is 34.3. The molecular weight excluding hydrogens is 681 g/mol. The Balaban J connectivity index is 3.34. The summed E-state index contributed by atoms with van der Waals surface area (Å²) in [5, 5.41) is 19.0. The molecule has 0 radical (unpaired) electrons. The molecule has 1 unspecified atom stereocenters. The van der Waals surface area contributed by atoms with Gasteiger partial charge in [-0.2, -0.15) is 35.3 Å². The topological polar surface area (TPSA) is 119 Å². The zero-order valence-corrected chi connectivity index (χ0v) is 29.5. The summed E-state index contributed by atoms with van der Waals surface area (Å²) < 4.78 is 17.2. The standard InChI is InChI=1S/C22H42O8S9/c23-15-34-19-36-17-28-21(25)3-8-32-7-2-13-39(27)14-12-33-10-11-38-22(26)4-9-31-6-1-5-29-30-18-37-20-35-16-24/h23-24H,1-20H2. The highest BCUT2D eigenvalue weighted by Crippen LogP contribution is 2.15. The molecule has 39 heavy (non-hydrogen) atoms. The van der Waals surface area contributed by atoms with E-state index in [0.29, 0.717) is 53.7 Å². The molecule has 17 heteroatoms. The summed E-state index contributed by atoms with van der Waals surface area (Å²) in [5.74, 6) is 8.01. The Hall–Kier alpha value is 1.93. The zero-order chi connectivity index (χ0) is 28.7. The highest BCUT2D eigenvalue weighted by Gasteiger charge is 2.06. The minimum atomic E-state index is -0.819. The fourth-order valence-electron chi connectivity index (χ4n) is 2.27. The molecule has 0 saturated heterocycles. The van der Waals surface area contributed by atoms with Gasteiger partial charge < -0.3 is 14.9 Å². The Morgan fingerprint density at radius 1 is 0.641 bits per heavy atom. The number of thioether (sulfide) groups is 8. The summed E-state index contributed by atoms with van der Waals surface area (Å²) in [5.41, 5.74) is 0. The van der Waals surface area contributed by atoms with Crippen LogP contribution in [-0.2, 0) is 34.9 Å². The SMILES string of the molecule is O=C(CCSCCCS(=O)CCSCCSC(=O)CCSCCCOOCSCSCO)OCSCSCO. The minimum absolute atomic E-state index is 0.0760. The van der Waals surface area contributed by atoms with Gasteiger partial charge in [0, 0.05) is 67.7 Å². The number of aliphatic hydroxyl groups is 2. The number of aliphatic hydroxyl groups excluding tert-OH is 2. The molecule has 0 saturated carbocycles. The van der Waals surface area contributed by atoms with Gasteiger partial charge in [0.25, 0.3) is 0 Å². The quantitative estimate of drug-likeness (QED) is 0.0331. The van der Waals surface area contributed by atoms with Gasteiger partial charge in [-0.15, -0.1) is 47.0 Å². The van der Waals surface area contributed by atoms with Crippen LogP contribution in [0.3, 0.4) is 0 Å². The molecule has 0 aliphatic rings. The van der Waals surface area contributed by atoms with Crippen molar-refractivity contribution in [1.82, 2.24) is 0 Å². The van der Waals surface area contributed by atoms with Gasteiger partial charge in [-0.05, 0) is 24.3 Å². The fourth-order valence-corrected chi connectivity index (χ4v) is 10.1. The lowest BCUT2D eigenvalue weighted by Gasteiger charge is -2.05. The Morgan fingerprint density at radius 3 is 2.05 bits per heavy atom. The monoisotopic (exact) mass is 722 g/mol. The van der Waals surface area contributed by atoms with Gasteiger partial charge >= 0.3 is 5.97 Å².